The van der Waals surface area contributed by atoms with E-state index in [1.165, 1.54) is 15.8 Å². The van der Waals surface area contributed by atoms with E-state index in [0.717, 1.165) is 16.3 Å². The first-order chi connectivity index (χ1) is 9.95. The van der Waals surface area contributed by atoms with Crippen molar-refractivity contribution in [2.45, 2.75) is 33.1 Å². The fourth-order valence-corrected chi connectivity index (χ4v) is 3.46. The Kier molecular flexibility index (Phi) is 3.46. The first-order valence-electron chi connectivity index (χ1n) is 7.18. The summed E-state index contributed by atoms with van der Waals surface area (Å²) in [5, 5.41) is 4.46. The van der Waals surface area contributed by atoms with Crippen molar-refractivity contribution in [3.63, 3.8) is 0 Å². The van der Waals surface area contributed by atoms with Crippen LogP contribution in [0, 0.1) is 6.92 Å². The van der Waals surface area contributed by atoms with Gasteiger partial charge in [-0.2, -0.15) is 0 Å². The summed E-state index contributed by atoms with van der Waals surface area (Å²) in [6.07, 6.45) is 0. The lowest BCUT2D eigenvalue weighted by atomic mass is 9.86. The molecule has 2 nitrogen and oxygen atoms in total. The van der Waals surface area contributed by atoms with Crippen LogP contribution in [0.25, 0.3) is 10.2 Å². The number of nitrogens with one attached hydrogen (secondary N) is 1. The van der Waals surface area contributed by atoms with Crippen LogP contribution >= 0.6 is 11.3 Å². The second-order valence-electron chi connectivity index (χ2n) is 6.36. The molecule has 1 N–H and O–H groups in total. The maximum absolute atomic E-state index is 4.74. The molecule has 0 aliphatic rings. The van der Waals surface area contributed by atoms with Crippen LogP contribution in [-0.4, -0.2) is 4.98 Å². The highest BCUT2D eigenvalue weighted by molar-refractivity contribution is 7.22. The van der Waals surface area contributed by atoms with Crippen LogP contribution in [0.1, 0.15) is 31.9 Å². The third-order valence-electron chi connectivity index (χ3n) is 3.60. The summed E-state index contributed by atoms with van der Waals surface area (Å²) in [6, 6.07) is 14.8. The minimum Gasteiger partial charge on any atom is -0.331 e. The highest BCUT2D eigenvalue weighted by Crippen LogP contribution is 2.34. The molecule has 1 aromatic heterocycles. The fourth-order valence-electron chi connectivity index (χ4n) is 2.50. The number of fused-ring (bicyclic) bond motifs is 1. The molecule has 2 aromatic carbocycles. The molecule has 0 aliphatic heterocycles. The summed E-state index contributed by atoms with van der Waals surface area (Å²) in [7, 11) is 0. The van der Waals surface area contributed by atoms with E-state index >= 15 is 0 Å². The molecule has 21 heavy (non-hydrogen) atoms. The second-order valence-corrected chi connectivity index (χ2v) is 7.39. The number of thiazole rings is 1. The molecule has 0 radical (unpaired) electrons. The van der Waals surface area contributed by atoms with Crippen LogP contribution in [0.3, 0.4) is 0 Å². The van der Waals surface area contributed by atoms with Crippen LogP contribution < -0.4 is 5.32 Å². The molecule has 3 heteroatoms. The lowest BCUT2D eigenvalue weighted by Gasteiger charge is -2.22. The van der Waals surface area contributed by atoms with Gasteiger partial charge in [-0.15, -0.1) is 0 Å². The topological polar surface area (TPSA) is 24.9 Å². The molecule has 0 aliphatic carbocycles. The molecule has 108 valence electrons. The van der Waals surface area contributed by atoms with Gasteiger partial charge in [0.1, 0.15) is 0 Å². The Morgan fingerprint density at radius 2 is 1.76 bits per heavy atom. The molecule has 0 saturated carbocycles. The Bertz CT molecular complexity index is 781. The molecular formula is C18H20N2S. The van der Waals surface area contributed by atoms with E-state index in [0.29, 0.717) is 0 Å². The van der Waals surface area contributed by atoms with Crippen molar-refractivity contribution in [1.29, 1.82) is 0 Å². The van der Waals surface area contributed by atoms with Crippen LogP contribution in [-0.2, 0) is 5.41 Å². The zero-order valence-corrected chi connectivity index (χ0v) is 13.7. The Morgan fingerprint density at radius 3 is 2.48 bits per heavy atom. The maximum atomic E-state index is 4.74. The number of hydrogen-bond donors (Lipinski definition) is 1. The third kappa shape index (κ3) is 2.79. The lowest BCUT2D eigenvalue weighted by Crippen LogP contribution is -2.13. The number of anilines is 2. The predicted molar refractivity (Wildman–Crippen MR) is 92.8 cm³/mol. The molecule has 0 atom stereocenters. The van der Waals surface area contributed by atoms with Gasteiger partial charge in [0.15, 0.2) is 5.13 Å². The van der Waals surface area contributed by atoms with Gasteiger partial charge in [-0.05, 0) is 35.6 Å². The van der Waals surface area contributed by atoms with Gasteiger partial charge in [0.2, 0.25) is 0 Å². The highest BCUT2D eigenvalue weighted by Gasteiger charge is 2.18. The first kappa shape index (κ1) is 14.1. The van der Waals surface area contributed by atoms with Gasteiger partial charge in [-0.3, -0.25) is 0 Å². The summed E-state index contributed by atoms with van der Waals surface area (Å²) in [6.45, 7) is 8.80. The number of aromatic nitrogens is 1. The highest BCUT2D eigenvalue weighted by atomic mass is 32.1. The SMILES string of the molecule is Cc1cccc2sc(Nc3ccccc3C(C)(C)C)nc12. The Balaban J connectivity index is 2.01. The number of para-hydroxylation sites is 2. The van der Waals surface area contributed by atoms with Gasteiger partial charge in [-0.25, -0.2) is 4.98 Å². The van der Waals surface area contributed by atoms with Crippen molar-refractivity contribution < 1.29 is 0 Å². The Morgan fingerprint density at radius 1 is 1.00 bits per heavy atom. The van der Waals surface area contributed by atoms with E-state index in [-0.39, 0.29) is 5.41 Å². The normalized spacial score (nSPS) is 11.8. The minimum atomic E-state index is 0.107. The van der Waals surface area contributed by atoms with E-state index in [2.05, 4.69) is 75.5 Å². The molecule has 0 unspecified atom stereocenters. The number of benzene rings is 2. The van der Waals surface area contributed by atoms with E-state index in [1.54, 1.807) is 11.3 Å². The van der Waals surface area contributed by atoms with E-state index < -0.39 is 0 Å². The molecule has 0 bridgehead atoms. The average molecular weight is 296 g/mol. The van der Waals surface area contributed by atoms with Gasteiger partial charge in [0.05, 0.1) is 10.2 Å². The van der Waals surface area contributed by atoms with E-state index in [1.807, 2.05) is 0 Å². The summed E-state index contributed by atoms with van der Waals surface area (Å²) >= 11 is 1.70. The Labute approximate surface area is 129 Å². The van der Waals surface area contributed by atoms with Gasteiger partial charge >= 0.3 is 0 Å². The number of aryl methyl sites for hydroxylation is 1. The monoisotopic (exact) mass is 296 g/mol. The smallest absolute Gasteiger partial charge is 0.188 e. The molecule has 3 rings (SSSR count). The number of nitrogens with zero attached hydrogens (tertiary/aromatic N) is 1. The van der Waals surface area contributed by atoms with Crippen molar-refractivity contribution in [2.24, 2.45) is 0 Å². The predicted octanol–water partition coefficient (Wildman–Crippen LogP) is 5.65. The quantitative estimate of drug-likeness (QED) is 0.661. The lowest BCUT2D eigenvalue weighted by molar-refractivity contribution is 0.592. The summed E-state index contributed by atoms with van der Waals surface area (Å²) in [5.41, 5.74) is 4.87. The standard InChI is InChI=1S/C18H20N2S/c1-12-8-7-11-15-16(12)20-17(21-15)19-14-10-6-5-9-13(14)18(2,3)4/h5-11H,1-4H3,(H,19,20). The van der Waals surface area contributed by atoms with Gasteiger partial charge in [0.25, 0.3) is 0 Å². The van der Waals surface area contributed by atoms with Crippen molar-refractivity contribution in [2.75, 3.05) is 5.32 Å². The summed E-state index contributed by atoms with van der Waals surface area (Å²) in [5.74, 6) is 0. The summed E-state index contributed by atoms with van der Waals surface area (Å²) < 4.78 is 1.23. The summed E-state index contributed by atoms with van der Waals surface area (Å²) in [4.78, 5) is 4.74. The molecular weight excluding hydrogens is 276 g/mol. The van der Waals surface area contributed by atoms with E-state index in [9.17, 15) is 0 Å². The van der Waals surface area contributed by atoms with Crippen LogP contribution in [0.2, 0.25) is 0 Å². The first-order valence-corrected chi connectivity index (χ1v) is 7.99. The average Bonchev–Trinajstić information content (AvgIpc) is 2.82. The van der Waals surface area contributed by atoms with Crippen molar-refractivity contribution in [3.8, 4) is 0 Å². The number of rotatable bonds is 2. The van der Waals surface area contributed by atoms with Gasteiger partial charge in [-0.1, -0.05) is 62.4 Å². The van der Waals surface area contributed by atoms with Crippen molar-refractivity contribution in [3.05, 3.63) is 53.6 Å². The third-order valence-corrected chi connectivity index (χ3v) is 4.53. The minimum absolute atomic E-state index is 0.107. The molecule has 0 amide bonds. The van der Waals surface area contributed by atoms with Crippen molar-refractivity contribution >= 4 is 32.4 Å². The molecule has 0 fully saturated rings. The molecule has 0 spiro atoms. The van der Waals surface area contributed by atoms with Crippen molar-refractivity contribution in [1.82, 2.24) is 4.98 Å². The zero-order valence-electron chi connectivity index (χ0n) is 12.9. The molecule has 0 saturated heterocycles. The number of hydrogen-bond acceptors (Lipinski definition) is 3. The van der Waals surface area contributed by atoms with Crippen LogP contribution in [0.5, 0.6) is 0 Å². The fraction of sp³-hybridized carbons (Fsp3) is 0.278. The van der Waals surface area contributed by atoms with E-state index in [4.69, 9.17) is 4.98 Å². The van der Waals surface area contributed by atoms with Crippen LogP contribution in [0.15, 0.2) is 42.5 Å². The molecule has 3 aromatic rings. The Hall–Kier alpha value is -1.87. The largest absolute Gasteiger partial charge is 0.331 e. The second kappa shape index (κ2) is 5.15. The van der Waals surface area contributed by atoms with Crippen LogP contribution in [0.4, 0.5) is 10.8 Å². The van der Waals surface area contributed by atoms with Gasteiger partial charge < -0.3 is 5.32 Å². The zero-order chi connectivity index (χ0) is 15.0. The maximum Gasteiger partial charge on any atom is 0.188 e. The molecule has 1 heterocycles. The van der Waals surface area contributed by atoms with Gasteiger partial charge in [0, 0.05) is 5.69 Å².